The third-order valence-corrected chi connectivity index (χ3v) is 4.84. The lowest BCUT2D eigenvalue weighted by atomic mass is 9.80. The number of rotatable bonds is 5. The predicted molar refractivity (Wildman–Crippen MR) is 109 cm³/mol. The zero-order valence-electron chi connectivity index (χ0n) is 16.9. The predicted octanol–water partition coefficient (Wildman–Crippen LogP) is 2.89. The van der Waals surface area contributed by atoms with Gasteiger partial charge in [-0.25, -0.2) is 9.59 Å². The Labute approximate surface area is 168 Å². The minimum absolute atomic E-state index is 0.174. The molecule has 1 aromatic carbocycles. The molecule has 0 atom stereocenters. The van der Waals surface area contributed by atoms with Crippen LogP contribution in [0.2, 0.25) is 0 Å². The molecule has 7 heteroatoms. The van der Waals surface area contributed by atoms with Gasteiger partial charge in [0.2, 0.25) is 0 Å². The van der Waals surface area contributed by atoms with Gasteiger partial charge in [-0.2, -0.15) is 0 Å². The highest BCUT2D eigenvalue weighted by Gasteiger charge is 2.39. The van der Waals surface area contributed by atoms with Crippen LogP contribution >= 0.6 is 0 Å². The summed E-state index contributed by atoms with van der Waals surface area (Å²) in [6, 6.07) is 9.04. The number of hydrogen-bond donors (Lipinski definition) is 2. The van der Waals surface area contributed by atoms with Crippen LogP contribution in [-0.2, 0) is 19.1 Å². The number of H-pyrrole nitrogens is 1. The molecule has 1 aromatic heterocycles. The van der Waals surface area contributed by atoms with Crippen LogP contribution in [0, 0.1) is 0 Å². The van der Waals surface area contributed by atoms with Gasteiger partial charge in [0.15, 0.2) is 0 Å². The minimum atomic E-state index is -0.900. The standard InChI is InChI=1S/C22H24N2O5/c1-5-28-21(26)17-12(3)23-13(4)18(22(27)29-6-2)19(17)15-11-14-9-7-8-10-16(14)24-20(15)25/h7-11,19,23H,5-6H2,1-4H3,(H,24,25). The molecule has 2 aromatic rings. The molecule has 0 radical (unpaired) electrons. The summed E-state index contributed by atoms with van der Waals surface area (Å²) in [5.74, 6) is -2.06. The maximum atomic E-state index is 13.0. The van der Waals surface area contributed by atoms with E-state index in [9.17, 15) is 14.4 Å². The van der Waals surface area contributed by atoms with E-state index in [1.54, 1.807) is 39.8 Å². The normalized spacial score (nSPS) is 14.8. The van der Waals surface area contributed by atoms with E-state index < -0.39 is 17.9 Å². The molecule has 7 nitrogen and oxygen atoms in total. The van der Waals surface area contributed by atoms with E-state index in [2.05, 4.69) is 10.3 Å². The summed E-state index contributed by atoms with van der Waals surface area (Å²) >= 11 is 0. The van der Waals surface area contributed by atoms with E-state index in [1.165, 1.54) is 0 Å². The molecule has 152 valence electrons. The van der Waals surface area contributed by atoms with Gasteiger partial charge in [0.05, 0.1) is 30.3 Å². The van der Waals surface area contributed by atoms with Crippen molar-refractivity contribution >= 4 is 22.8 Å². The lowest BCUT2D eigenvalue weighted by Gasteiger charge is -2.30. The Morgan fingerprint density at radius 2 is 1.52 bits per heavy atom. The number of para-hydroxylation sites is 1. The number of carbonyl (C=O) groups excluding carboxylic acids is 2. The maximum Gasteiger partial charge on any atom is 0.336 e. The van der Waals surface area contributed by atoms with E-state index in [-0.39, 0.29) is 35.5 Å². The van der Waals surface area contributed by atoms with Gasteiger partial charge in [0.25, 0.3) is 5.56 Å². The Bertz CT molecular complexity index is 1050. The Hall–Kier alpha value is -3.35. The summed E-state index contributed by atoms with van der Waals surface area (Å²) < 4.78 is 10.5. The van der Waals surface area contributed by atoms with E-state index in [0.717, 1.165) is 5.39 Å². The van der Waals surface area contributed by atoms with Gasteiger partial charge in [0.1, 0.15) is 0 Å². The highest BCUT2D eigenvalue weighted by Crippen LogP contribution is 2.38. The first-order valence-corrected chi connectivity index (χ1v) is 9.53. The molecule has 3 rings (SSSR count). The number of aromatic amines is 1. The molecular weight excluding hydrogens is 372 g/mol. The zero-order valence-corrected chi connectivity index (χ0v) is 16.9. The van der Waals surface area contributed by atoms with Gasteiger partial charge in [-0.05, 0) is 45.2 Å². The number of benzene rings is 1. The second kappa shape index (κ2) is 8.34. The molecule has 0 unspecified atom stereocenters. The van der Waals surface area contributed by atoms with E-state index in [0.29, 0.717) is 16.9 Å². The Kier molecular flexibility index (Phi) is 5.87. The summed E-state index contributed by atoms with van der Waals surface area (Å²) in [6.45, 7) is 7.20. The lowest BCUT2D eigenvalue weighted by molar-refractivity contribution is -0.139. The summed E-state index contributed by atoms with van der Waals surface area (Å²) in [7, 11) is 0. The van der Waals surface area contributed by atoms with Crippen molar-refractivity contribution in [3.8, 4) is 0 Å². The fraction of sp³-hybridized carbons (Fsp3) is 0.318. The molecular formula is C22H24N2O5. The molecule has 0 spiro atoms. The number of aromatic nitrogens is 1. The van der Waals surface area contributed by atoms with Gasteiger partial charge >= 0.3 is 11.9 Å². The van der Waals surface area contributed by atoms with Gasteiger partial charge in [0, 0.05) is 22.5 Å². The first-order chi connectivity index (χ1) is 13.9. The van der Waals surface area contributed by atoms with Crippen LogP contribution in [0.1, 0.15) is 39.2 Å². The smallest absolute Gasteiger partial charge is 0.336 e. The van der Waals surface area contributed by atoms with Crippen molar-refractivity contribution in [2.24, 2.45) is 0 Å². The molecule has 0 aliphatic carbocycles. The molecule has 0 saturated heterocycles. The number of nitrogens with one attached hydrogen (secondary N) is 2. The fourth-order valence-electron chi connectivity index (χ4n) is 3.64. The number of ether oxygens (including phenoxy) is 2. The average molecular weight is 396 g/mol. The van der Waals surface area contributed by atoms with Crippen molar-refractivity contribution in [1.29, 1.82) is 0 Å². The Morgan fingerprint density at radius 3 is 2.07 bits per heavy atom. The monoisotopic (exact) mass is 396 g/mol. The summed E-state index contributed by atoms with van der Waals surface area (Å²) in [6.07, 6.45) is 0. The third kappa shape index (κ3) is 3.81. The van der Waals surface area contributed by atoms with Crippen molar-refractivity contribution in [1.82, 2.24) is 10.3 Å². The summed E-state index contributed by atoms with van der Waals surface area (Å²) in [5, 5.41) is 3.85. The highest BCUT2D eigenvalue weighted by molar-refractivity contribution is 6.00. The molecule has 2 N–H and O–H groups in total. The van der Waals surface area contributed by atoms with Crippen molar-refractivity contribution in [3.05, 3.63) is 68.8 Å². The molecule has 1 aliphatic rings. The molecule has 2 heterocycles. The number of esters is 2. The van der Waals surface area contributed by atoms with E-state index >= 15 is 0 Å². The zero-order chi connectivity index (χ0) is 21.1. The third-order valence-electron chi connectivity index (χ3n) is 4.84. The van der Waals surface area contributed by atoms with Crippen LogP contribution < -0.4 is 10.9 Å². The van der Waals surface area contributed by atoms with Crippen LogP contribution in [0.25, 0.3) is 10.9 Å². The molecule has 1 aliphatic heterocycles. The van der Waals surface area contributed by atoms with Gasteiger partial charge < -0.3 is 19.8 Å². The van der Waals surface area contributed by atoms with Crippen molar-refractivity contribution in [2.75, 3.05) is 13.2 Å². The van der Waals surface area contributed by atoms with E-state index in [4.69, 9.17) is 9.47 Å². The van der Waals surface area contributed by atoms with Crippen LogP contribution in [0.4, 0.5) is 0 Å². The van der Waals surface area contributed by atoms with Gasteiger partial charge in [-0.1, -0.05) is 18.2 Å². The van der Waals surface area contributed by atoms with Gasteiger partial charge in [-0.15, -0.1) is 0 Å². The number of carbonyl (C=O) groups is 2. The first kappa shape index (κ1) is 20.4. The highest BCUT2D eigenvalue weighted by atomic mass is 16.5. The van der Waals surface area contributed by atoms with Gasteiger partial charge in [-0.3, -0.25) is 4.79 Å². The Morgan fingerprint density at radius 1 is 0.966 bits per heavy atom. The average Bonchev–Trinajstić information content (AvgIpc) is 2.67. The van der Waals surface area contributed by atoms with Crippen LogP contribution in [0.15, 0.2) is 57.7 Å². The number of fused-ring (bicyclic) bond motifs is 1. The number of hydrogen-bond acceptors (Lipinski definition) is 6. The van der Waals surface area contributed by atoms with Crippen molar-refractivity contribution in [2.45, 2.75) is 33.6 Å². The SMILES string of the molecule is CCOC(=O)C1=C(C)NC(C)=C(C(=O)OCC)C1c1cc2ccccc2[nH]c1=O. The lowest BCUT2D eigenvalue weighted by Crippen LogP contribution is -2.34. The van der Waals surface area contributed by atoms with E-state index in [1.807, 2.05) is 18.2 Å². The largest absolute Gasteiger partial charge is 0.463 e. The fourth-order valence-corrected chi connectivity index (χ4v) is 3.64. The van der Waals surface area contributed by atoms with Crippen LogP contribution in [-0.4, -0.2) is 30.1 Å². The number of dihydropyridines is 1. The first-order valence-electron chi connectivity index (χ1n) is 9.53. The molecule has 0 amide bonds. The topological polar surface area (TPSA) is 97.5 Å². The molecule has 29 heavy (non-hydrogen) atoms. The van der Waals surface area contributed by atoms with Crippen molar-refractivity contribution in [3.63, 3.8) is 0 Å². The van der Waals surface area contributed by atoms with Crippen LogP contribution in [0.5, 0.6) is 0 Å². The number of pyridine rings is 1. The summed E-state index contributed by atoms with van der Waals surface area (Å²) in [4.78, 5) is 41.4. The second-order valence-corrected chi connectivity index (χ2v) is 6.72. The van der Waals surface area contributed by atoms with Crippen LogP contribution in [0.3, 0.4) is 0 Å². The van der Waals surface area contributed by atoms with Crippen molar-refractivity contribution < 1.29 is 19.1 Å². The molecule has 0 saturated carbocycles. The number of allylic oxidation sites excluding steroid dienone is 2. The minimum Gasteiger partial charge on any atom is -0.463 e. The second-order valence-electron chi connectivity index (χ2n) is 6.72. The molecule has 0 fully saturated rings. The summed E-state index contributed by atoms with van der Waals surface area (Å²) in [5.41, 5.74) is 2.10. The quantitative estimate of drug-likeness (QED) is 0.755. The Balaban J connectivity index is 2.28. The molecule has 0 bridgehead atoms. The maximum absolute atomic E-state index is 13.0.